The molecule has 0 bridgehead atoms. The van der Waals surface area contributed by atoms with E-state index in [9.17, 15) is 9.59 Å². The molecule has 0 aliphatic carbocycles. The lowest BCUT2D eigenvalue weighted by molar-refractivity contribution is -0.146. The number of aromatic nitrogens is 3. The second-order valence-electron chi connectivity index (χ2n) is 7.54. The summed E-state index contributed by atoms with van der Waals surface area (Å²) in [6.07, 6.45) is 1.89. The van der Waals surface area contributed by atoms with Crippen molar-refractivity contribution < 1.29 is 14.3 Å². The van der Waals surface area contributed by atoms with Crippen LogP contribution >= 0.6 is 0 Å². The summed E-state index contributed by atoms with van der Waals surface area (Å²) in [7, 11) is 0. The molecule has 0 saturated carbocycles. The van der Waals surface area contributed by atoms with Gasteiger partial charge in [-0.25, -0.2) is 4.68 Å². The molecule has 2 aromatic heterocycles. The lowest BCUT2D eigenvalue weighted by Crippen LogP contribution is -2.22. The average molecular weight is 416 g/mol. The highest BCUT2D eigenvalue weighted by Gasteiger charge is 2.17. The van der Waals surface area contributed by atoms with Crippen molar-refractivity contribution >= 4 is 28.5 Å². The molecule has 7 nitrogen and oxygen atoms in total. The van der Waals surface area contributed by atoms with E-state index in [2.05, 4.69) is 15.4 Å². The molecule has 0 fully saturated rings. The van der Waals surface area contributed by atoms with Crippen molar-refractivity contribution in [2.45, 2.75) is 27.2 Å². The summed E-state index contributed by atoms with van der Waals surface area (Å²) in [6, 6.07) is 15.7. The van der Waals surface area contributed by atoms with Gasteiger partial charge in [0.15, 0.2) is 6.61 Å². The first-order valence-electron chi connectivity index (χ1n) is 10.1. The van der Waals surface area contributed by atoms with Crippen LogP contribution in [0.4, 0.5) is 5.69 Å². The van der Waals surface area contributed by atoms with Crippen LogP contribution in [0.1, 0.15) is 22.5 Å². The quantitative estimate of drug-likeness (QED) is 0.465. The second-order valence-corrected chi connectivity index (χ2v) is 7.54. The summed E-state index contributed by atoms with van der Waals surface area (Å²) in [6.45, 7) is 5.39. The highest BCUT2D eigenvalue weighted by Crippen LogP contribution is 2.23. The fourth-order valence-electron chi connectivity index (χ4n) is 3.57. The molecule has 0 atom stereocenters. The Labute approximate surface area is 180 Å². The Morgan fingerprint density at radius 1 is 1.06 bits per heavy atom. The van der Waals surface area contributed by atoms with Gasteiger partial charge in [0.05, 0.1) is 29.2 Å². The number of aryl methyl sites for hydroxylation is 2. The number of nitrogens with one attached hydrogen (secondary N) is 2. The highest BCUT2D eigenvalue weighted by atomic mass is 16.5. The number of carbonyl (C=O) groups is 2. The van der Waals surface area contributed by atoms with Crippen LogP contribution in [0.2, 0.25) is 0 Å². The van der Waals surface area contributed by atoms with E-state index in [1.165, 1.54) is 0 Å². The van der Waals surface area contributed by atoms with Gasteiger partial charge in [-0.15, -0.1) is 0 Å². The van der Waals surface area contributed by atoms with Crippen LogP contribution in [0.3, 0.4) is 0 Å². The molecule has 0 saturated heterocycles. The number of hydrogen-bond acceptors (Lipinski definition) is 4. The van der Waals surface area contributed by atoms with E-state index in [-0.39, 0.29) is 13.0 Å². The number of nitrogens with zero attached hydrogens (tertiary/aromatic N) is 2. The first-order chi connectivity index (χ1) is 14.9. The van der Waals surface area contributed by atoms with Gasteiger partial charge in [0, 0.05) is 17.1 Å². The number of amides is 1. The van der Waals surface area contributed by atoms with Gasteiger partial charge in [-0.3, -0.25) is 9.59 Å². The van der Waals surface area contributed by atoms with Gasteiger partial charge < -0.3 is 15.0 Å². The molecular formula is C24H24N4O3. The van der Waals surface area contributed by atoms with Crippen LogP contribution in [0.25, 0.3) is 16.6 Å². The standard InChI is InChI=1S/C24H24N4O3/c1-15-8-10-19(11-9-15)28-17(3)24(16(2)27-28)26-22(29)14-31-23(30)12-18-13-25-21-7-5-4-6-20(18)21/h4-11,13,25H,12,14H2,1-3H3,(H,26,29). The summed E-state index contributed by atoms with van der Waals surface area (Å²) in [4.78, 5) is 27.7. The van der Waals surface area contributed by atoms with Crippen LogP contribution in [0.5, 0.6) is 0 Å². The Morgan fingerprint density at radius 3 is 2.58 bits per heavy atom. The molecular weight excluding hydrogens is 392 g/mol. The van der Waals surface area contributed by atoms with Gasteiger partial charge in [0.1, 0.15) is 0 Å². The maximum atomic E-state index is 12.4. The highest BCUT2D eigenvalue weighted by molar-refractivity contribution is 5.94. The number of carbonyl (C=O) groups excluding carboxylic acids is 2. The maximum Gasteiger partial charge on any atom is 0.310 e. The molecule has 0 aliphatic rings. The van der Waals surface area contributed by atoms with Gasteiger partial charge in [-0.05, 0) is 44.5 Å². The second kappa shape index (κ2) is 8.47. The Hall–Kier alpha value is -3.87. The van der Waals surface area contributed by atoms with Gasteiger partial charge >= 0.3 is 5.97 Å². The van der Waals surface area contributed by atoms with Crippen LogP contribution < -0.4 is 5.32 Å². The predicted octanol–water partition coefficient (Wildman–Crippen LogP) is 4.00. The Balaban J connectivity index is 1.37. The molecule has 158 valence electrons. The van der Waals surface area contributed by atoms with Gasteiger partial charge in [-0.1, -0.05) is 35.9 Å². The molecule has 4 aromatic rings. The molecule has 0 aliphatic heterocycles. The van der Waals surface area contributed by atoms with E-state index in [0.29, 0.717) is 11.4 Å². The number of hydrogen-bond donors (Lipinski definition) is 2. The van der Waals surface area contributed by atoms with Crippen LogP contribution in [-0.2, 0) is 20.7 Å². The third-order valence-corrected chi connectivity index (χ3v) is 5.21. The SMILES string of the molecule is Cc1ccc(-n2nc(C)c(NC(=O)COC(=O)Cc3c[nH]c4ccccc34)c2C)cc1. The summed E-state index contributed by atoms with van der Waals surface area (Å²) >= 11 is 0. The number of aromatic amines is 1. The number of benzene rings is 2. The minimum absolute atomic E-state index is 0.0979. The van der Waals surface area contributed by atoms with Crippen molar-refractivity contribution in [1.82, 2.24) is 14.8 Å². The molecule has 31 heavy (non-hydrogen) atoms. The lowest BCUT2D eigenvalue weighted by Gasteiger charge is -2.08. The van der Waals surface area contributed by atoms with Gasteiger partial charge in [-0.2, -0.15) is 5.10 Å². The molecule has 2 N–H and O–H groups in total. The summed E-state index contributed by atoms with van der Waals surface area (Å²) in [5.74, 6) is -0.856. The minimum atomic E-state index is -0.455. The van der Waals surface area contributed by atoms with E-state index in [4.69, 9.17) is 4.74 Å². The maximum absolute atomic E-state index is 12.4. The predicted molar refractivity (Wildman–Crippen MR) is 119 cm³/mol. The number of H-pyrrole nitrogens is 1. The van der Waals surface area contributed by atoms with Crippen molar-refractivity contribution in [1.29, 1.82) is 0 Å². The Morgan fingerprint density at radius 2 is 1.81 bits per heavy atom. The molecule has 7 heteroatoms. The topological polar surface area (TPSA) is 89.0 Å². The van der Waals surface area contributed by atoms with Crippen molar-refractivity contribution in [2.24, 2.45) is 0 Å². The molecule has 2 aromatic carbocycles. The largest absolute Gasteiger partial charge is 0.455 e. The van der Waals surface area contributed by atoms with E-state index < -0.39 is 11.9 Å². The smallest absolute Gasteiger partial charge is 0.310 e. The minimum Gasteiger partial charge on any atom is -0.455 e. The zero-order chi connectivity index (χ0) is 22.0. The number of esters is 1. The lowest BCUT2D eigenvalue weighted by atomic mass is 10.1. The van der Waals surface area contributed by atoms with E-state index in [1.54, 1.807) is 10.9 Å². The Bertz CT molecular complexity index is 1250. The first kappa shape index (κ1) is 20.4. The van der Waals surface area contributed by atoms with Crippen LogP contribution in [0, 0.1) is 20.8 Å². The summed E-state index contributed by atoms with van der Waals surface area (Å²) < 4.78 is 6.98. The van der Waals surface area contributed by atoms with Crippen LogP contribution in [0.15, 0.2) is 54.7 Å². The molecule has 2 heterocycles. The molecule has 0 unspecified atom stereocenters. The average Bonchev–Trinajstić information content (AvgIpc) is 3.29. The van der Waals surface area contributed by atoms with Crippen molar-refractivity contribution in [3.05, 3.63) is 77.2 Å². The summed E-state index contributed by atoms with van der Waals surface area (Å²) in [5, 5.41) is 8.32. The fourth-order valence-corrected chi connectivity index (χ4v) is 3.57. The van der Waals surface area contributed by atoms with Crippen LogP contribution in [-0.4, -0.2) is 33.2 Å². The van der Waals surface area contributed by atoms with Gasteiger partial charge in [0.25, 0.3) is 5.91 Å². The van der Waals surface area contributed by atoms with E-state index in [0.717, 1.165) is 33.4 Å². The third kappa shape index (κ3) is 4.35. The molecule has 4 rings (SSSR count). The Kier molecular flexibility index (Phi) is 5.58. The van der Waals surface area contributed by atoms with Crippen molar-refractivity contribution in [3.8, 4) is 5.69 Å². The van der Waals surface area contributed by atoms with Gasteiger partial charge in [0.2, 0.25) is 0 Å². The number of para-hydroxylation sites is 1. The number of anilines is 1. The van der Waals surface area contributed by atoms with Crippen molar-refractivity contribution in [2.75, 3.05) is 11.9 Å². The van der Waals surface area contributed by atoms with E-state index in [1.807, 2.05) is 69.3 Å². The number of rotatable bonds is 6. The summed E-state index contributed by atoms with van der Waals surface area (Å²) in [5.41, 5.74) is 5.99. The molecule has 0 spiro atoms. The molecule has 0 radical (unpaired) electrons. The third-order valence-electron chi connectivity index (χ3n) is 5.21. The zero-order valence-electron chi connectivity index (χ0n) is 17.7. The first-order valence-corrected chi connectivity index (χ1v) is 10.1. The van der Waals surface area contributed by atoms with Crippen molar-refractivity contribution in [3.63, 3.8) is 0 Å². The zero-order valence-corrected chi connectivity index (χ0v) is 17.7. The van der Waals surface area contributed by atoms with E-state index >= 15 is 0 Å². The monoisotopic (exact) mass is 416 g/mol. The fraction of sp³-hybridized carbons (Fsp3) is 0.208. The number of ether oxygens (including phenoxy) is 1. The molecule has 1 amide bonds. The normalized spacial score (nSPS) is 10.9. The number of fused-ring (bicyclic) bond motifs is 1.